The Morgan fingerprint density at radius 3 is 2.81 bits per heavy atom. The number of thioether (sulfide) groups is 1. The topological polar surface area (TPSA) is 65.9 Å². The van der Waals surface area contributed by atoms with Crippen LogP contribution in [0.15, 0.2) is 48.7 Å². The molecule has 1 fully saturated rings. The maximum Gasteiger partial charge on any atom is 1.00 e. The number of carbonyl (C=O) groups is 1. The minimum atomic E-state index is -0.934. The van der Waals surface area contributed by atoms with Crippen molar-refractivity contribution in [1.29, 1.82) is 0 Å². The van der Waals surface area contributed by atoms with Crippen molar-refractivity contribution < 1.29 is 39.5 Å². The van der Waals surface area contributed by atoms with Crippen molar-refractivity contribution in [3.63, 3.8) is 0 Å². The Hall–Kier alpha value is -2.18. The fourth-order valence-corrected chi connectivity index (χ4v) is 7.06. The van der Waals surface area contributed by atoms with Crippen molar-refractivity contribution in [2.75, 3.05) is 5.75 Å². The van der Waals surface area contributed by atoms with Crippen LogP contribution in [0.4, 0.5) is 0 Å². The number of benzene rings is 1. The number of pyridine rings is 2. The summed E-state index contributed by atoms with van der Waals surface area (Å²) in [5.74, 6) is 0.717. The Balaban J connectivity index is 0.00000280. The maximum atomic E-state index is 11.0. The molecule has 3 unspecified atom stereocenters. The molecule has 6 heteroatoms. The van der Waals surface area contributed by atoms with Crippen LogP contribution in [-0.2, 0) is 17.6 Å². The number of hydrogen-bond acceptors (Lipinski definition) is 5. The van der Waals surface area contributed by atoms with E-state index >= 15 is 0 Å². The summed E-state index contributed by atoms with van der Waals surface area (Å²) in [6, 6.07) is 15.2. The van der Waals surface area contributed by atoms with Gasteiger partial charge in [0, 0.05) is 17.9 Å². The molecule has 2 aromatic heterocycles. The van der Waals surface area contributed by atoms with Gasteiger partial charge >= 0.3 is 29.6 Å². The number of aromatic nitrogens is 2. The molecule has 1 saturated carbocycles. The van der Waals surface area contributed by atoms with Gasteiger partial charge in [-0.25, -0.2) is 0 Å². The monoisotopic (exact) mass is 516 g/mol. The first-order chi connectivity index (χ1) is 17.6. The third-order valence-electron chi connectivity index (χ3n) is 7.59. The summed E-state index contributed by atoms with van der Waals surface area (Å²) in [5, 5.41) is 11.2. The quantitative estimate of drug-likeness (QED) is 0.452. The fraction of sp³-hybridized carbons (Fsp3) is 0.323. The van der Waals surface area contributed by atoms with Crippen molar-refractivity contribution in [1.82, 2.24) is 9.97 Å². The molecular weight excluding hydrogens is 487 g/mol. The molecule has 0 amide bonds. The normalized spacial score (nSPS) is 21.4. The van der Waals surface area contributed by atoms with Gasteiger partial charge in [0.25, 0.3) is 0 Å². The molecule has 1 aromatic carbocycles. The average Bonchev–Trinajstić information content (AvgIpc) is 3.66. The van der Waals surface area contributed by atoms with Crippen LogP contribution < -0.4 is 34.7 Å². The molecule has 2 heterocycles. The molecule has 3 aliphatic rings. The minimum absolute atomic E-state index is 0. The second kappa shape index (κ2) is 11.7. The number of rotatable bonds is 7. The number of carboxylic acid groups (broad SMARTS) is 1. The smallest absolute Gasteiger partial charge is 0.550 e. The van der Waals surface area contributed by atoms with E-state index in [9.17, 15) is 9.90 Å². The first-order valence-electron chi connectivity index (χ1n) is 12.9. The fourth-order valence-electron chi connectivity index (χ4n) is 5.45. The Morgan fingerprint density at radius 2 is 1.92 bits per heavy atom. The van der Waals surface area contributed by atoms with Crippen LogP contribution in [0.2, 0.25) is 0 Å². The van der Waals surface area contributed by atoms with E-state index in [2.05, 4.69) is 65.7 Å². The molecule has 0 spiro atoms. The number of aryl methyl sites for hydroxylation is 2. The summed E-state index contributed by atoms with van der Waals surface area (Å²) >= 11 is 1.91. The Morgan fingerprint density at radius 1 is 1.03 bits per heavy atom. The summed E-state index contributed by atoms with van der Waals surface area (Å²) in [6.07, 6.45) is 16.3. The Bertz CT molecular complexity index is 1370. The molecular formula is C31H29N2NaO2S. The number of hydrogen-bond donors (Lipinski definition) is 0. The molecule has 0 saturated heterocycles. The second-order valence-corrected chi connectivity index (χ2v) is 11.3. The molecule has 3 aromatic rings. The predicted molar refractivity (Wildman–Crippen MR) is 145 cm³/mol. The minimum Gasteiger partial charge on any atom is -0.550 e. The van der Waals surface area contributed by atoms with Gasteiger partial charge < -0.3 is 9.90 Å². The first-order valence-corrected chi connectivity index (χ1v) is 13.9. The van der Waals surface area contributed by atoms with Gasteiger partial charge in [0.2, 0.25) is 0 Å². The third-order valence-corrected chi connectivity index (χ3v) is 9.05. The van der Waals surface area contributed by atoms with E-state index in [1.54, 1.807) is 0 Å². The average molecular weight is 517 g/mol. The third kappa shape index (κ3) is 6.12. The molecule has 182 valence electrons. The van der Waals surface area contributed by atoms with Crippen molar-refractivity contribution >= 4 is 42.0 Å². The molecule has 4 nitrogen and oxygen atoms in total. The number of aliphatic carboxylic acids is 1. The SMILES string of the molecule is O=C([O-])CC1CC1CSC1c2cc(/C=C/c3ccc4c(n3)CCCC4)ccc2C=Cc2ncccc21.[Na+]. The van der Waals surface area contributed by atoms with Gasteiger partial charge in [-0.2, -0.15) is 0 Å². The van der Waals surface area contributed by atoms with Gasteiger partial charge in [-0.3, -0.25) is 9.97 Å². The zero-order valence-electron chi connectivity index (χ0n) is 21.2. The number of nitrogens with zero attached hydrogens (tertiary/aromatic N) is 2. The van der Waals surface area contributed by atoms with Gasteiger partial charge in [0.1, 0.15) is 0 Å². The molecule has 3 atom stereocenters. The van der Waals surface area contributed by atoms with Crippen molar-refractivity contribution in [2.45, 2.75) is 43.8 Å². The van der Waals surface area contributed by atoms with E-state index in [1.165, 1.54) is 40.8 Å². The predicted octanol–water partition coefficient (Wildman–Crippen LogP) is 2.61. The molecule has 0 N–H and O–H groups in total. The van der Waals surface area contributed by atoms with E-state index in [4.69, 9.17) is 4.98 Å². The van der Waals surface area contributed by atoms with Gasteiger partial charge in [-0.1, -0.05) is 36.4 Å². The number of carbonyl (C=O) groups excluding carboxylic acids is 1. The maximum absolute atomic E-state index is 11.0. The second-order valence-electron chi connectivity index (χ2n) is 10.1. The van der Waals surface area contributed by atoms with Crippen LogP contribution in [0.1, 0.15) is 75.8 Å². The van der Waals surface area contributed by atoms with Crippen LogP contribution >= 0.6 is 11.8 Å². The summed E-state index contributed by atoms with van der Waals surface area (Å²) in [7, 11) is 0. The van der Waals surface area contributed by atoms with Gasteiger partial charge in [-0.15, -0.1) is 11.8 Å². The molecule has 0 aliphatic heterocycles. The number of fused-ring (bicyclic) bond motifs is 3. The molecule has 0 bridgehead atoms. The Kier molecular flexibility index (Phi) is 8.35. The zero-order valence-corrected chi connectivity index (χ0v) is 24.0. The molecule has 6 rings (SSSR count). The van der Waals surface area contributed by atoms with Gasteiger partial charge in [-0.05, 0) is 114 Å². The van der Waals surface area contributed by atoms with E-state index in [0.717, 1.165) is 42.0 Å². The molecule has 0 radical (unpaired) electrons. The van der Waals surface area contributed by atoms with Crippen LogP contribution in [0.5, 0.6) is 0 Å². The summed E-state index contributed by atoms with van der Waals surface area (Å²) in [6.45, 7) is 0. The van der Waals surface area contributed by atoms with Crippen LogP contribution in [0.25, 0.3) is 24.3 Å². The molecule has 37 heavy (non-hydrogen) atoms. The van der Waals surface area contributed by atoms with E-state index in [1.807, 2.05) is 24.0 Å². The van der Waals surface area contributed by atoms with Gasteiger partial charge in [0.05, 0.1) is 16.6 Å². The summed E-state index contributed by atoms with van der Waals surface area (Å²) < 4.78 is 0. The van der Waals surface area contributed by atoms with Crippen molar-refractivity contribution in [3.05, 3.63) is 93.6 Å². The Labute approximate surface area is 245 Å². The van der Waals surface area contributed by atoms with Crippen LogP contribution in [0, 0.1) is 11.8 Å². The summed E-state index contributed by atoms with van der Waals surface area (Å²) in [5.41, 5.74) is 9.53. The summed E-state index contributed by atoms with van der Waals surface area (Å²) in [4.78, 5) is 20.5. The largest absolute Gasteiger partial charge is 1.00 e. The standard InChI is InChI=1S/C31H30N2O2S.Na/c34-30(35)18-23-17-24(23)19-36-31-26-5-3-15-32-29(26)14-11-21-9-7-20(16-27(21)31)8-12-25-13-10-22-4-1-2-6-28(22)33-25;/h3,5,7-16,23-24,31H,1-2,4,6,17-19H2,(H,34,35);/q;+1/p-1/b12-8+;. The van der Waals surface area contributed by atoms with E-state index < -0.39 is 5.97 Å². The first kappa shape index (κ1) is 26.4. The number of carboxylic acids is 1. The van der Waals surface area contributed by atoms with Crippen LogP contribution in [0.3, 0.4) is 0 Å². The molecule has 3 aliphatic carbocycles. The zero-order chi connectivity index (χ0) is 24.5. The van der Waals surface area contributed by atoms with Crippen molar-refractivity contribution in [3.8, 4) is 0 Å². The van der Waals surface area contributed by atoms with E-state index in [0.29, 0.717) is 5.92 Å². The van der Waals surface area contributed by atoms with Crippen molar-refractivity contribution in [2.24, 2.45) is 11.8 Å². The van der Waals surface area contributed by atoms with Gasteiger partial charge in [0.15, 0.2) is 0 Å². The van der Waals surface area contributed by atoms with E-state index in [-0.39, 0.29) is 47.1 Å². The van der Waals surface area contributed by atoms with Crippen LogP contribution in [-0.4, -0.2) is 21.7 Å².